The van der Waals surface area contributed by atoms with Crippen molar-refractivity contribution in [3.05, 3.63) is 70.7 Å². The van der Waals surface area contributed by atoms with Crippen LogP contribution < -0.4 is 4.90 Å². The molecule has 1 fully saturated rings. The lowest BCUT2D eigenvalue weighted by Crippen LogP contribution is -2.47. The maximum absolute atomic E-state index is 13.7. The van der Waals surface area contributed by atoms with E-state index in [1.165, 1.54) is 17.7 Å². The zero-order chi connectivity index (χ0) is 25.8. The fourth-order valence-electron chi connectivity index (χ4n) is 4.99. The molecule has 0 radical (unpaired) electrons. The van der Waals surface area contributed by atoms with Gasteiger partial charge in [-0.15, -0.1) is 0 Å². The average Bonchev–Trinajstić information content (AvgIpc) is 3.21. The number of hydrogen-bond acceptors (Lipinski definition) is 5. The maximum atomic E-state index is 13.7. The Hall–Kier alpha value is -2.90. The highest BCUT2D eigenvalue weighted by Crippen LogP contribution is 2.32. The van der Waals surface area contributed by atoms with Crippen LogP contribution in [0, 0.1) is 19.7 Å². The van der Waals surface area contributed by atoms with Crippen LogP contribution in [-0.2, 0) is 13.1 Å². The van der Waals surface area contributed by atoms with E-state index in [1.54, 1.807) is 12.1 Å². The Kier molecular flexibility index (Phi) is 8.32. The van der Waals surface area contributed by atoms with Crippen LogP contribution in [0.15, 0.2) is 42.5 Å². The SMILES string of the molecule is CCC(C)N(Cc1cccc(C)c1O)Cc1c(C)nn(-c2ccc(F)cc2)c1N1CCN(CC)CC1. The van der Waals surface area contributed by atoms with E-state index >= 15 is 0 Å². The Morgan fingerprint density at radius 2 is 1.69 bits per heavy atom. The number of phenols is 1. The molecule has 0 aliphatic carbocycles. The number of piperazine rings is 1. The predicted octanol–water partition coefficient (Wildman–Crippen LogP) is 5.28. The van der Waals surface area contributed by atoms with E-state index in [0.29, 0.717) is 18.3 Å². The van der Waals surface area contributed by atoms with Gasteiger partial charge in [-0.1, -0.05) is 32.0 Å². The second kappa shape index (κ2) is 11.4. The van der Waals surface area contributed by atoms with E-state index in [9.17, 15) is 9.50 Å². The summed E-state index contributed by atoms with van der Waals surface area (Å²) in [7, 11) is 0. The number of halogens is 1. The van der Waals surface area contributed by atoms with Crippen molar-refractivity contribution in [3.63, 3.8) is 0 Å². The molecular formula is C29H40FN5O. The van der Waals surface area contributed by atoms with Crippen LogP contribution in [0.2, 0.25) is 0 Å². The van der Waals surface area contributed by atoms with Gasteiger partial charge in [-0.05, 0) is 63.6 Å². The summed E-state index contributed by atoms with van der Waals surface area (Å²) in [4.78, 5) is 7.33. The van der Waals surface area contributed by atoms with Crippen molar-refractivity contribution in [2.24, 2.45) is 0 Å². The third-order valence-electron chi connectivity index (χ3n) is 7.62. The van der Waals surface area contributed by atoms with Gasteiger partial charge in [0.25, 0.3) is 0 Å². The third kappa shape index (κ3) is 5.57. The maximum Gasteiger partial charge on any atom is 0.137 e. The highest BCUT2D eigenvalue weighted by atomic mass is 19.1. The van der Waals surface area contributed by atoms with Gasteiger partial charge in [-0.25, -0.2) is 9.07 Å². The first kappa shape index (κ1) is 26.2. The van der Waals surface area contributed by atoms with Crippen molar-refractivity contribution in [1.82, 2.24) is 19.6 Å². The predicted molar refractivity (Wildman–Crippen MR) is 144 cm³/mol. The molecule has 36 heavy (non-hydrogen) atoms. The highest BCUT2D eigenvalue weighted by molar-refractivity contribution is 5.56. The minimum atomic E-state index is -0.248. The Balaban J connectivity index is 1.74. The van der Waals surface area contributed by atoms with Gasteiger partial charge in [0.15, 0.2) is 0 Å². The number of aromatic nitrogens is 2. The Bertz CT molecular complexity index is 1150. The molecule has 1 N–H and O–H groups in total. The molecule has 1 saturated heterocycles. The second-order valence-electron chi connectivity index (χ2n) is 9.94. The Morgan fingerprint density at radius 1 is 1.00 bits per heavy atom. The van der Waals surface area contributed by atoms with Gasteiger partial charge in [-0.2, -0.15) is 5.10 Å². The molecule has 1 aliphatic heterocycles. The number of rotatable bonds is 9. The highest BCUT2D eigenvalue weighted by Gasteiger charge is 2.27. The van der Waals surface area contributed by atoms with Gasteiger partial charge in [0.2, 0.25) is 0 Å². The minimum absolute atomic E-state index is 0.248. The van der Waals surface area contributed by atoms with E-state index in [1.807, 2.05) is 29.8 Å². The second-order valence-corrected chi connectivity index (χ2v) is 9.94. The number of nitrogens with zero attached hydrogens (tertiary/aromatic N) is 5. The first-order chi connectivity index (χ1) is 17.3. The molecule has 0 amide bonds. The molecule has 1 aliphatic rings. The van der Waals surface area contributed by atoms with Crippen molar-refractivity contribution in [2.75, 3.05) is 37.6 Å². The number of hydrogen-bond donors (Lipinski definition) is 1. The summed E-state index contributed by atoms with van der Waals surface area (Å²) >= 11 is 0. The molecule has 6 nitrogen and oxygen atoms in total. The molecule has 0 saturated carbocycles. The zero-order valence-corrected chi connectivity index (χ0v) is 22.3. The fraction of sp³-hybridized carbons (Fsp3) is 0.483. The number of benzene rings is 2. The van der Waals surface area contributed by atoms with Crippen molar-refractivity contribution in [2.45, 2.75) is 60.2 Å². The van der Waals surface area contributed by atoms with Gasteiger partial charge in [-0.3, -0.25) is 4.90 Å². The van der Waals surface area contributed by atoms with Gasteiger partial charge in [0.05, 0.1) is 11.4 Å². The Labute approximate surface area is 214 Å². The van der Waals surface area contributed by atoms with Crippen LogP contribution in [0.3, 0.4) is 0 Å². The topological polar surface area (TPSA) is 47.8 Å². The Morgan fingerprint density at radius 3 is 2.33 bits per heavy atom. The van der Waals surface area contributed by atoms with E-state index in [0.717, 1.165) is 74.0 Å². The summed E-state index contributed by atoms with van der Waals surface area (Å²) in [5.74, 6) is 1.22. The van der Waals surface area contributed by atoms with Crippen LogP contribution in [-0.4, -0.2) is 63.5 Å². The summed E-state index contributed by atoms with van der Waals surface area (Å²) in [6, 6.07) is 12.9. The van der Waals surface area contributed by atoms with Crippen LogP contribution in [0.1, 0.15) is 49.6 Å². The molecule has 1 unspecified atom stereocenters. The number of phenolic OH excluding ortho intramolecular Hbond substituents is 1. The standard InChI is InChI=1S/C29H40FN5O/c1-6-22(4)34(19-24-10-8-9-21(3)28(24)36)20-27-23(5)31-35(26-13-11-25(30)12-14-26)29(27)33-17-15-32(7-2)16-18-33/h8-14,22,36H,6-7,15-20H2,1-5H3. The van der Waals surface area contributed by atoms with Crippen molar-refractivity contribution in [1.29, 1.82) is 0 Å². The monoisotopic (exact) mass is 493 g/mol. The quantitative estimate of drug-likeness (QED) is 0.440. The summed E-state index contributed by atoms with van der Waals surface area (Å²) < 4.78 is 15.7. The first-order valence-corrected chi connectivity index (χ1v) is 13.2. The number of aryl methyl sites for hydroxylation is 2. The number of anilines is 1. The van der Waals surface area contributed by atoms with Crippen LogP contribution in [0.4, 0.5) is 10.2 Å². The molecule has 2 aromatic carbocycles. The van der Waals surface area contributed by atoms with Gasteiger partial charge in [0, 0.05) is 56.4 Å². The number of likely N-dealkylation sites (N-methyl/N-ethyl adjacent to an activating group) is 1. The van der Waals surface area contributed by atoms with Crippen molar-refractivity contribution in [3.8, 4) is 11.4 Å². The summed E-state index contributed by atoms with van der Waals surface area (Å²) in [5, 5.41) is 15.7. The smallest absolute Gasteiger partial charge is 0.137 e. The average molecular weight is 494 g/mol. The number of aromatic hydroxyl groups is 1. The normalized spacial score (nSPS) is 15.6. The minimum Gasteiger partial charge on any atom is -0.507 e. The summed E-state index contributed by atoms with van der Waals surface area (Å²) in [5.41, 5.74) is 4.87. The van der Waals surface area contributed by atoms with Gasteiger partial charge in [0.1, 0.15) is 17.4 Å². The first-order valence-electron chi connectivity index (χ1n) is 13.2. The van der Waals surface area contributed by atoms with E-state index in [2.05, 4.69) is 42.4 Å². The molecule has 1 aromatic heterocycles. The molecule has 4 rings (SSSR count). The van der Waals surface area contributed by atoms with Crippen molar-refractivity contribution >= 4 is 5.82 Å². The molecular weight excluding hydrogens is 453 g/mol. The molecule has 0 bridgehead atoms. The van der Waals surface area contributed by atoms with E-state index in [-0.39, 0.29) is 5.82 Å². The molecule has 2 heterocycles. The third-order valence-corrected chi connectivity index (χ3v) is 7.62. The lowest BCUT2D eigenvalue weighted by Gasteiger charge is -2.37. The largest absolute Gasteiger partial charge is 0.507 e. The fourth-order valence-corrected chi connectivity index (χ4v) is 4.99. The molecule has 1 atom stereocenters. The molecule has 7 heteroatoms. The zero-order valence-electron chi connectivity index (χ0n) is 22.3. The molecule has 0 spiro atoms. The summed E-state index contributed by atoms with van der Waals surface area (Å²) in [6.45, 7) is 17.0. The van der Waals surface area contributed by atoms with Crippen LogP contribution in [0.25, 0.3) is 5.69 Å². The molecule has 3 aromatic rings. The lowest BCUT2D eigenvalue weighted by atomic mass is 10.1. The summed E-state index contributed by atoms with van der Waals surface area (Å²) in [6.07, 6.45) is 1.00. The van der Waals surface area contributed by atoms with Gasteiger partial charge >= 0.3 is 0 Å². The lowest BCUT2D eigenvalue weighted by molar-refractivity contribution is 0.183. The van der Waals surface area contributed by atoms with Gasteiger partial charge < -0.3 is 14.9 Å². The van der Waals surface area contributed by atoms with Crippen LogP contribution >= 0.6 is 0 Å². The molecule has 194 valence electrons. The van der Waals surface area contributed by atoms with E-state index in [4.69, 9.17) is 5.10 Å². The number of para-hydroxylation sites is 1. The van der Waals surface area contributed by atoms with Crippen LogP contribution in [0.5, 0.6) is 5.75 Å². The van der Waals surface area contributed by atoms with Crippen molar-refractivity contribution < 1.29 is 9.50 Å². The van der Waals surface area contributed by atoms with E-state index < -0.39 is 0 Å².